The first-order valence-electron chi connectivity index (χ1n) is 6.20. The highest BCUT2D eigenvalue weighted by Gasteiger charge is 2.21. The minimum Gasteiger partial charge on any atom is -0.316 e. The number of benzene rings is 1. The molecule has 0 unspecified atom stereocenters. The fourth-order valence-corrected chi connectivity index (χ4v) is 3.16. The molecule has 2 rings (SSSR count). The first-order chi connectivity index (χ1) is 9.93. The molecule has 0 aliphatic rings. The number of ketones is 1. The molecule has 1 aromatic heterocycles. The maximum atomic E-state index is 12.7. The van der Waals surface area contributed by atoms with Crippen LogP contribution in [0.3, 0.4) is 0 Å². The van der Waals surface area contributed by atoms with Crippen LogP contribution in [0.1, 0.15) is 26.4 Å². The molecule has 0 saturated carbocycles. The maximum absolute atomic E-state index is 12.7. The van der Waals surface area contributed by atoms with Gasteiger partial charge < -0.3 is 5.32 Å². The number of alkyl halides is 1. The fourth-order valence-electron chi connectivity index (χ4n) is 1.89. The van der Waals surface area contributed by atoms with Gasteiger partial charge in [0.1, 0.15) is 10.9 Å². The Labute approximate surface area is 136 Å². The number of hydrogen-bond donors (Lipinski definition) is 1. The predicted octanol–water partition coefficient (Wildman–Crippen LogP) is 4.43. The third-order valence-corrected chi connectivity index (χ3v) is 4.71. The normalized spacial score (nSPS) is 10.5. The van der Waals surface area contributed by atoms with Crippen LogP contribution in [-0.2, 0) is 4.79 Å². The topological polar surface area (TPSA) is 46.2 Å². The van der Waals surface area contributed by atoms with Gasteiger partial charge in [-0.3, -0.25) is 9.59 Å². The summed E-state index contributed by atoms with van der Waals surface area (Å²) >= 11 is 12.7. The number of rotatable bonds is 4. The molecule has 1 aromatic carbocycles. The van der Waals surface area contributed by atoms with E-state index in [1.165, 1.54) is 11.3 Å². The number of aryl methyl sites for hydroxylation is 1. The zero-order valence-electron chi connectivity index (χ0n) is 11.5. The second kappa shape index (κ2) is 6.60. The van der Waals surface area contributed by atoms with Gasteiger partial charge in [-0.15, -0.1) is 22.9 Å². The van der Waals surface area contributed by atoms with Crippen molar-refractivity contribution in [2.45, 2.75) is 13.8 Å². The second-order valence-corrected chi connectivity index (χ2v) is 6.43. The number of carbonyl (C=O) groups is 2. The van der Waals surface area contributed by atoms with Gasteiger partial charge in [0.15, 0.2) is 5.78 Å². The zero-order valence-corrected chi connectivity index (χ0v) is 13.8. The third-order valence-electron chi connectivity index (χ3n) is 3.09. The van der Waals surface area contributed by atoms with Gasteiger partial charge in [-0.2, -0.15) is 0 Å². The van der Waals surface area contributed by atoms with Gasteiger partial charge >= 0.3 is 0 Å². The molecule has 3 nitrogen and oxygen atoms in total. The van der Waals surface area contributed by atoms with Gasteiger partial charge in [0, 0.05) is 15.5 Å². The van der Waals surface area contributed by atoms with Crippen molar-refractivity contribution < 1.29 is 9.59 Å². The van der Waals surface area contributed by atoms with Crippen LogP contribution < -0.4 is 5.32 Å². The van der Waals surface area contributed by atoms with Gasteiger partial charge in [0.2, 0.25) is 5.91 Å². The van der Waals surface area contributed by atoms with E-state index >= 15 is 0 Å². The standard InChI is InChI=1S/C15H13Cl2NO2S/c1-8-9(2)21-15(18-12(19)7-16)13(8)14(20)10-3-5-11(17)6-4-10/h3-6H,7H2,1-2H3,(H,18,19). The van der Waals surface area contributed by atoms with Crippen molar-refractivity contribution in [3.05, 3.63) is 50.9 Å². The first-order valence-corrected chi connectivity index (χ1v) is 7.93. The summed E-state index contributed by atoms with van der Waals surface area (Å²) in [4.78, 5) is 25.1. The summed E-state index contributed by atoms with van der Waals surface area (Å²) in [7, 11) is 0. The zero-order chi connectivity index (χ0) is 15.6. The molecule has 21 heavy (non-hydrogen) atoms. The molecule has 6 heteroatoms. The van der Waals surface area contributed by atoms with E-state index in [2.05, 4.69) is 5.32 Å². The van der Waals surface area contributed by atoms with Crippen molar-refractivity contribution in [3.8, 4) is 0 Å². The summed E-state index contributed by atoms with van der Waals surface area (Å²) in [6.07, 6.45) is 0. The van der Waals surface area contributed by atoms with Crippen molar-refractivity contribution in [2.24, 2.45) is 0 Å². The van der Waals surface area contributed by atoms with Crippen LogP contribution in [0.5, 0.6) is 0 Å². The molecule has 0 atom stereocenters. The lowest BCUT2D eigenvalue weighted by Gasteiger charge is -2.06. The average molecular weight is 342 g/mol. The molecule has 0 saturated heterocycles. The van der Waals surface area contributed by atoms with Crippen molar-refractivity contribution in [1.29, 1.82) is 0 Å². The molecule has 0 fully saturated rings. The number of carbonyl (C=O) groups excluding carboxylic acids is 2. The van der Waals surface area contributed by atoms with Gasteiger partial charge in [0.05, 0.1) is 5.56 Å². The molecule has 1 N–H and O–H groups in total. The Kier molecular flexibility index (Phi) is 5.04. The van der Waals surface area contributed by atoms with E-state index in [0.29, 0.717) is 21.2 Å². The van der Waals surface area contributed by atoms with E-state index in [9.17, 15) is 9.59 Å². The Morgan fingerprint density at radius 3 is 2.38 bits per heavy atom. The molecule has 0 spiro atoms. The smallest absolute Gasteiger partial charge is 0.239 e. The van der Waals surface area contributed by atoms with Gasteiger partial charge in [-0.05, 0) is 43.7 Å². The molecule has 0 radical (unpaired) electrons. The number of amides is 1. The Morgan fingerprint density at radius 1 is 1.19 bits per heavy atom. The molecule has 0 aliphatic heterocycles. The molecule has 1 heterocycles. The van der Waals surface area contributed by atoms with Crippen LogP contribution in [-0.4, -0.2) is 17.6 Å². The Morgan fingerprint density at radius 2 is 1.81 bits per heavy atom. The van der Waals surface area contributed by atoms with E-state index < -0.39 is 0 Å². The lowest BCUT2D eigenvalue weighted by Crippen LogP contribution is -2.14. The highest BCUT2D eigenvalue weighted by atomic mass is 35.5. The van der Waals surface area contributed by atoms with Crippen LogP contribution in [0.15, 0.2) is 24.3 Å². The average Bonchev–Trinajstić information content (AvgIpc) is 2.73. The minimum absolute atomic E-state index is 0.140. The van der Waals surface area contributed by atoms with E-state index in [-0.39, 0.29) is 17.6 Å². The number of hydrogen-bond acceptors (Lipinski definition) is 3. The van der Waals surface area contributed by atoms with Crippen LogP contribution in [0, 0.1) is 13.8 Å². The van der Waals surface area contributed by atoms with Crippen LogP contribution in [0.4, 0.5) is 5.00 Å². The van der Waals surface area contributed by atoms with Crippen LogP contribution in [0.2, 0.25) is 5.02 Å². The van der Waals surface area contributed by atoms with Crippen molar-refractivity contribution in [1.82, 2.24) is 0 Å². The van der Waals surface area contributed by atoms with Crippen molar-refractivity contribution >= 4 is 51.2 Å². The predicted molar refractivity (Wildman–Crippen MR) is 88.0 cm³/mol. The molecular weight excluding hydrogens is 329 g/mol. The Balaban J connectivity index is 2.44. The maximum Gasteiger partial charge on any atom is 0.239 e. The largest absolute Gasteiger partial charge is 0.316 e. The fraction of sp³-hybridized carbons (Fsp3) is 0.200. The van der Waals surface area contributed by atoms with E-state index in [1.807, 2.05) is 13.8 Å². The molecule has 2 aromatic rings. The summed E-state index contributed by atoms with van der Waals surface area (Å²) in [5.74, 6) is -0.619. The number of anilines is 1. The van der Waals surface area contributed by atoms with Gasteiger partial charge in [-0.25, -0.2) is 0 Å². The molecule has 1 amide bonds. The van der Waals surface area contributed by atoms with Crippen molar-refractivity contribution in [2.75, 3.05) is 11.2 Å². The highest BCUT2D eigenvalue weighted by Crippen LogP contribution is 2.34. The summed E-state index contributed by atoms with van der Waals surface area (Å²) in [5, 5.41) is 3.79. The third kappa shape index (κ3) is 3.46. The lowest BCUT2D eigenvalue weighted by atomic mass is 10.0. The Bertz CT molecular complexity index is 692. The first kappa shape index (κ1) is 16.0. The van der Waals surface area contributed by atoms with Crippen LogP contribution in [0.25, 0.3) is 0 Å². The summed E-state index contributed by atoms with van der Waals surface area (Å²) in [6, 6.07) is 6.68. The second-order valence-electron chi connectivity index (χ2n) is 4.51. The van der Waals surface area contributed by atoms with E-state index in [4.69, 9.17) is 23.2 Å². The minimum atomic E-state index is -0.330. The summed E-state index contributed by atoms with van der Waals surface area (Å²) < 4.78 is 0. The lowest BCUT2D eigenvalue weighted by molar-refractivity contribution is -0.113. The molecule has 0 aliphatic carbocycles. The molecular formula is C15H13Cl2NO2S. The molecule has 0 bridgehead atoms. The van der Waals surface area contributed by atoms with E-state index in [0.717, 1.165) is 10.4 Å². The van der Waals surface area contributed by atoms with Crippen molar-refractivity contribution in [3.63, 3.8) is 0 Å². The quantitative estimate of drug-likeness (QED) is 0.660. The Hall–Kier alpha value is -1.36. The highest BCUT2D eigenvalue weighted by molar-refractivity contribution is 7.16. The monoisotopic (exact) mass is 341 g/mol. The SMILES string of the molecule is Cc1sc(NC(=O)CCl)c(C(=O)c2ccc(Cl)cc2)c1C. The van der Waals surface area contributed by atoms with Crippen LogP contribution >= 0.6 is 34.5 Å². The number of halogens is 2. The summed E-state index contributed by atoms with van der Waals surface area (Å²) in [6.45, 7) is 3.78. The van der Waals surface area contributed by atoms with Gasteiger partial charge in [-0.1, -0.05) is 11.6 Å². The van der Waals surface area contributed by atoms with E-state index in [1.54, 1.807) is 24.3 Å². The molecule has 110 valence electrons. The number of nitrogens with one attached hydrogen (secondary N) is 1. The van der Waals surface area contributed by atoms with Gasteiger partial charge in [0.25, 0.3) is 0 Å². The summed E-state index contributed by atoms with van der Waals surface area (Å²) in [5.41, 5.74) is 1.91. The number of thiophene rings is 1.